The molecule has 1 aliphatic rings. The van der Waals surface area contributed by atoms with Crippen LogP contribution in [-0.4, -0.2) is 24.9 Å². The highest BCUT2D eigenvalue weighted by Gasteiger charge is 2.31. The van der Waals surface area contributed by atoms with Gasteiger partial charge in [0.1, 0.15) is 0 Å². The molecule has 13 heavy (non-hydrogen) atoms. The van der Waals surface area contributed by atoms with Crippen LogP contribution in [0.1, 0.15) is 20.8 Å². The maximum absolute atomic E-state index is 11.5. The number of carbonyl (C=O) groups excluding carboxylic acids is 2. The van der Waals surface area contributed by atoms with Gasteiger partial charge in [0.2, 0.25) is 11.8 Å². The van der Waals surface area contributed by atoms with Crippen LogP contribution in [0.5, 0.6) is 0 Å². The van der Waals surface area contributed by atoms with Crippen molar-refractivity contribution in [1.82, 2.24) is 10.6 Å². The van der Waals surface area contributed by atoms with Crippen molar-refractivity contribution in [2.24, 2.45) is 11.3 Å². The van der Waals surface area contributed by atoms with Gasteiger partial charge in [0, 0.05) is 13.1 Å². The number of hydrogen-bond acceptors (Lipinski definition) is 2. The molecule has 4 nitrogen and oxygen atoms in total. The summed E-state index contributed by atoms with van der Waals surface area (Å²) in [6.07, 6.45) is 0. The second kappa shape index (κ2) is 3.36. The van der Waals surface area contributed by atoms with Gasteiger partial charge in [-0.05, 0) is 13.8 Å². The van der Waals surface area contributed by atoms with Gasteiger partial charge in [-0.2, -0.15) is 0 Å². The van der Waals surface area contributed by atoms with Gasteiger partial charge < -0.3 is 10.6 Å². The van der Waals surface area contributed by atoms with E-state index in [4.69, 9.17) is 0 Å². The smallest absolute Gasteiger partial charge is 0.227 e. The second-order valence-corrected chi connectivity index (χ2v) is 4.21. The largest absolute Gasteiger partial charge is 0.355 e. The van der Waals surface area contributed by atoms with Crippen LogP contribution in [0, 0.1) is 11.3 Å². The first kappa shape index (κ1) is 10.0. The van der Waals surface area contributed by atoms with E-state index in [0.29, 0.717) is 13.1 Å². The molecule has 0 aromatic heterocycles. The molecule has 74 valence electrons. The van der Waals surface area contributed by atoms with Crippen molar-refractivity contribution < 1.29 is 9.59 Å². The molecule has 2 N–H and O–H groups in total. The lowest BCUT2D eigenvalue weighted by molar-refractivity contribution is -0.133. The predicted octanol–water partition coefficient (Wildman–Crippen LogP) is -0.105. The molecule has 0 radical (unpaired) electrons. The molecule has 0 aromatic rings. The van der Waals surface area contributed by atoms with E-state index in [2.05, 4.69) is 10.6 Å². The van der Waals surface area contributed by atoms with E-state index in [-0.39, 0.29) is 17.7 Å². The summed E-state index contributed by atoms with van der Waals surface area (Å²) >= 11 is 0. The number of rotatable bonds is 0. The highest BCUT2D eigenvalue weighted by molar-refractivity contribution is 5.86. The molecule has 1 fully saturated rings. The highest BCUT2D eigenvalue weighted by atomic mass is 16.2. The van der Waals surface area contributed by atoms with Crippen molar-refractivity contribution in [3.05, 3.63) is 0 Å². The van der Waals surface area contributed by atoms with Crippen molar-refractivity contribution in [3.8, 4) is 0 Å². The molecule has 1 saturated heterocycles. The molecule has 1 rings (SSSR count). The van der Waals surface area contributed by atoms with Crippen LogP contribution < -0.4 is 10.6 Å². The summed E-state index contributed by atoms with van der Waals surface area (Å²) in [5.74, 6) is -0.132. The third-order valence-electron chi connectivity index (χ3n) is 2.34. The second-order valence-electron chi connectivity index (χ2n) is 4.21. The van der Waals surface area contributed by atoms with Gasteiger partial charge in [-0.15, -0.1) is 0 Å². The first-order valence-corrected chi connectivity index (χ1v) is 4.49. The van der Waals surface area contributed by atoms with Crippen LogP contribution >= 0.6 is 0 Å². The van der Waals surface area contributed by atoms with Gasteiger partial charge in [0.05, 0.1) is 11.3 Å². The SMILES string of the molecule is CC1CNC(=O)C(C)(C)CNC1=O. The zero-order valence-corrected chi connectivity index (χ0v) is 8.31. The van der Waals surface area contributed by atoms with E-state index >= 15 is 0 Å². The Bertz CT molecular complexity index is 236. The fourth-order valence-corrected chi connectivity index (χ4v) is 1.14. The van der Waals surface area contributed by atoms with Crippen LogP contribution in [0.25, 0.3) is 0 Å². The molecule has 1 atom stereocenters. The van der Waals surface area contributed by atoms with E-state index < -0.39 is 5.41 Å². The molecule has 2 amide bonds. The fraction of sp³-hybridized carbons (Fsp3) is 0.778. The molecule has 0 aliphatic carbocycles. The Hall–Kier alpha value is -1.06. The number of hydrogen-bond donors (Lipinski definition) is 2. The average molecular weight is 184 g/mol. The molecular formula is C9H16N2O2. The van der Waals surface area contributed by atoms with Gasteiger partial charge in [-0.3, -0.25) is 9.59 Å². The molecule has 0 bridgehead atoms. The zero-order chi connectivity index (χ0) is 10.1. The Labute approximate surface area is 78.1 Å². The van der Waals surface area contributed by atoms with Crippen LogP contribution in [-0.2, 0) is 9.59 Å². The summed E-state index contributed by atoms with van der Waals surface area (Å²) < 4.78 is 0. The minimum Gasteiger partial charge on any atom is -0.355 e. The van der Waals surface area contributed by atoms with E-state index in [0.717, 1.165) is 0 Å². The monoisotopic (exact) mass is 184 g/mol. The van der Waals surface area contributed by atoms with Crippen LogP contribution in [0.2, 0.25) is 0 Å². The molecule has 0 aromatic carbocycles. The Balaban J connectivity index is 2.70. The number of nitrogens with one attached hydrogen (secondary N) is 2. The van der Waals surface area contributed by atoms with Crippen LogP contribution in [0.3, 0.4) is 0 Å². The maximum Gasteiger partial charge on any atom is 0.227 e. The molecule has 1 aliphatic heterocycles. The Morgan fingerprint density at radius 2 is 1.92 bits per heavy atom. The van der Waals surface area contributed by atoms with Crippen molar-refractivity contribution in [1.29, 1.82) is 0 Å². The molecule has 4 heteroatoms. The van der Waals surface area contributed by atoms with Gasteiger partial charge in [-0.1, -0.05) is 6.92 Å². The summed E-state index contributed by atoms with van der Waals surface area (Å²) in [4.78, 5) is 22.8. The van der Waals surface area contributed by atoms with Crippen molar-refractivity contribution in [2.45, 2.75) is 20.8 Å². The van der Waals surface area contributed by atoms with Crippen molar-refractivity contribution in [3.63, 3.8) is 0 Å². The van der Waals surface area contributed by atoms with E-state index in [1.807, 2.05) is 13.8 Å². The van der Waals surface area contributed by atoms with Crippen molar-refractivity contribution >= 4 is 11.8 Å². The van der Waals surface area contributed by atoms with E-state index in [9.17, 15) is 9.59 Å². The van der Waals surface area contributed by atoms with E-state index in [1.54, 1.807) is 6.92 Å². The van der Waals surface area contributed by atoms with Crippen LogP contribution in [0.15, 0.2) is 0 Å². The lowest BCUT2D eigenvalue weighted by atomic mass is 9.90. The Kier molecular flexibility index (Phi) is 2.59. The molecule has 1 heterocycles. The summed E-state index contributed by atoms with van der Waals surface area (Å²) in [7, 11) is 0. The third-order valence-corrected chi connectivity index (χ3v) is 2.34. The normalized spacial score (nSPS) is 28.4. The lowest BCUT2D eigenvalue weighted by Gasteiger charge is -2.28. The predicted molar refractivity (Wildman–Crippen MR) is 49.0 cm³/mol. The fourth-order valence-electron chi connectivity index (χ4n) is 1.14. The highest BCUT2D eigenvalue weighted by Crippen LogP contribution is 2.15. The first-order chi connectivity index (χ1) is 5.93. The summed E-state index contributed by atoms with van der Waals surface area (Å²) in [6, 6.07) is 0. The summed E-state index contributed by atoms with van der Waals surface area (Å²) in [5.41, 5.74) is -0.504. The van der Waals surface area contributed by atoms with Gasteiger partial charge in [0.15, 0.2) is 0 Å². The topological polar surface area (TPSA) is 58.2 Å². The van der Waals surface area contributed by atoms with E-state index in [1.165, 1.54) is 0 Å². The maximum atomic E-state index is 11.5. The van der Waals surface area contributed by atoms with Crippen LogP contribution in [0.4, 0.5) is 0 Å². The lowest BCUT2D eigenvalue weighted by Crippen LogP contribution is -2.51. The minimum absolute atomic E-state index is 0.000602. The number of amides is 2. The van der Waals surface area contributed by atoms with Gasteiger partial charge in [0.25, 0.3) is 0 Å². The molecule has 1 unspecified atom stereocenters. The number of carbonyl (C=O) groups is 2. The zero-order valence-electron chi connectivity index (χ0n) is 8.31. The summed E-state index contributed by atoms with van der Waals surface area (Å²) in [5, 5.41) is 5.51. The Morgan fingerprint density at radius 1 is 1.31 bits per heavy atom. The van der Waals surface area contributed by atoms with Gasteiger partial charge >= 0.3 is 0 Å². The average Bonchev–Trinajstić information content (AvgIpc) is 2.08. The Morgan fingerprint density at radius 3 is 2.54 bits per heavy atom. The summed E-state index contributed by atoms with van der Waals surface area (Å²) in [6.45, 7) is 6.27. The minimum atomic E-state index is -0.504. The standard InChI is InChI=1S/C9H16N2O2/c1-6-4-10-8(13)9(2,3)5-11-7(6)12/h6H,4-5H2,1-3H3,(H,10,13)(H,11,12). The molecule has 0 saturated carbocycles. The van der Waals surface area contributed by atoms with Crippen molar-refractivity contribution in [2.75, 3.05) is 13.1 Å². The molecule has 0 spiro atoms. The quantitative estimate of drug-likeness (QED) is 0.552. The molecular weight excluding hydrogens is 168 g/mol. The third kappa shape index (κ3) is 2.20. The van der Waals surface area contributed by atoms with Gasteiger partial charge in [-0.25, -0.2) is 0 Å². The first-order valence-electron chi connectivity index (χ1n) is 4.49.